The Kier molecular flexibility index (Phi) is 4.39. The Balaban J connectivity index is 2.27. The zero-order valence-electron chi connectivity index (χ0n) is 8.43. The average molecular weight is 199 g/mol. The van der Waals surface area contributed by atoms with Gasteiger partial charge in [0.25, 0.3) is 0 Å². The Morgan fingerprint density at radius 3 is 3.00 bits per heavy atom. The van der Waals surface area contributed by atoms with E-state index in [9.17, 15) is 9.59 Å². The van der Waals surface area contributed by atoms with E-state index >= 15 is 0 Å². The van der Waals surface area contributed by atoms with E-state index in [1.807, 2.05) is 6.92 Å². The number of nitrogens with one attached hydrogen (secondary N) is 3. The van der Waals surface area contributed by atoms with E-state index in [1.54, 1.807) is 0 Å². The van der Waals surface area contributed by atoms with Crippen molar-refractivity contribution in [2.45, 2.75) is 25.8 Å². The minimum absolute atomic E-state index is 0.0681. The van der Waals surface area contributed by atoms with E-state index in [1.165, 1.54) is 0 Å². The molecule has 1 aliphatic heterocycles. The quantitative estimate of drug-likeness (QED) is 0.543. The lowest BCUT2D eigenvalue weighted by atomic mass is 10.1. The van der Waals surface area contributed by atoms with Crippen LogP contribution in [0, 0.1) is 0 Å². The first-order chi connectivity index (χ1) is 6.74. The summed E-state index contributed by atoms with van der Waals surface area (Å²) in [6.45, 7) is 4.04. The van der Waals surface area contributed by atoms with E-state index in [-0.39, 0.29) is 24.3 Å². The van der Waals surface area contributed by atoms with Crippen LogP contribution in [-0.4, -0.2) is 37.5 Å². The van der Waals surface area contributed by atoms with Gasteiger partial charge in [-0.3, -0.25) is 9.59 Å². The number of rotatable bonds is 4. The maximum atomic E-state index is 11.3. The second-order valence-corrected chi connectivity index (χ2v) is 3.35. The standard InChI is InChI=1S/C9H17N3O2/c1-2-3-11-8(13)6-7-9(14)12-5-4-10-7/h7,10H,2-6H2,1H3,(H,11,13)(H,12,14). The molecule has 0 spiro atoms. The minimum Gasteiger partial charge on any atom is -0.356 e. The third-order valence-corrected chi connectivity index (χ3v) is 2.09. The van der Waals surface area contributed by atoms with Gasteiger partial charge in [0, 0.05) is 19.6 Å². The van der Waals surface area contributed by atoms with Crippen molar-refractivity contribution < 1.29 is 9.59 Å². The fourth-order valence-corrected chi connectivity index (χ4v) is 1.33. The number of amides is 2. The van der Waals surface area contributed by atoms with Crippen molar-refractivity contribution in [3.8, 4) is 0 Å². The average Bonchev–Trinajstić information content (AvgIpc) is 2.18. The minimum atomic E-state index is -0.361. The molecule has 0 aromatic carbocycles. The molecule has 0 bridgehead atoms. The molecule has 1 saturated heterocycles. The lowest BCUT2D eigenvalue weighted by molar-refractivity contribution is -0.129. The number of hydrogen-bond acceptors (Lipinski definition) is 3. The van der Waals surface area contributed by atoms with Crippen molar-refractivity contribution in [1.29, 1.82) is 0 Å². The summed E-state index contributed by atoms with van der Waals surface area (Å²) >= 11 is 0. The zero-order valence-corrected chi connectivity index (χ0v) is 8.43. The van der Waals surface area contributed by atoms with Crippen molar-refractivity contribution in [3.63, 3.8) is 0 Å². The van der Waals surface area contributed by atoms with Gasteiger partial charge in [-0.25, -0.2) is 0 Å². The molecule has 1 heterocycles. The molecule has 1 aliphatic rings. The molecule has 3 N–H and O–H groups in total. The SMILES string of the molecule is CCCNC(=O)CC1NCCNC1=O. The largest absolute Gasteiger partial charge is 0.356 e. The van der Waals surface area contributed by atoms with Gasteiger partial charge in [-0.05, 0) is 6.42 Å². The Bertz CT molecular complexity index is 218. The van der Waals surface area contributed by atoms with Crippen LogP contribution < -0.4 is 16.0 Å². The van der Waals surface area contributed by atoms with Gasteiger partial charge in [0.05, 0.1) is 12.5 Å². The third kappa shape index (κ3) is 3.33. The van der Waals surface area contributed by atoms with Gasteiger partial charge in [-0.1, -0.05) is 6.92 Å². The second-order valence-electron chi connectivity index (χ2n) is 3.35. The summed E-state index contributed by atoms with van der Waals surface area (Å²) in [5.74, 6) is -0.149. The Labute approximate surface area is 83.6 Å². The van der Waals surface area contributed by atoms with Crippen LogP contribution in [0.1, 0.15) is 19.8 Å². The molecule has 1 rings (SSSR count). The van der Waals surface area contributed by atoms with Crippen LogP contribution in [0.5, 0.6) is 0 Å². The number of carbonyl (C=O) groups is 2. The Morgan fingerprint density at radius 2 is 2.36 bits per heavy atom. The van der Waals surface area contributed by atoms with Gasteiger partial charge in [0.2, 0.25) is 11.8 Å². The van der Waals surface area contributed by atoms with E-state index < -0.39 is 0 Å². The highest BCUT2D eigenvalue weighted by molar-refractivity contribution is 5.88. The zero-order chi connectivity index (χ0) is 10.4. The fourth-order valence-electron chi connectivity index (χ4n) is 1.33. The summed E-state index contributed by atoms with van der Waals surface area (Å²) < 4.78 is 0. The molecule has 1 unspecified atom stereocenters. The highest BCUT2D eigenvalue weighted by Gasteiger charge is 2.23. The molecule has 1 atom stereocenters. The van der Waals surface area contributed by atoms with Gasteiger partial charge < -0.3 is 16.0 Å². The smallest absolute Gasteiger partial charge is 0.237 e. The summed E-state index contributed by atoms with van der Waals surface area (Å²) in [4.78, 5) is 22.5. The first kappa shape index (κ1) is 11.0. The number of hydrogen-bond donors (Lipinski definition) is 3. The van der Waals surface area contributed by atoms with Crippen molar-refractivity contribution in [1.82, 2.24) is 16.0 Å². The predicted octanol–water partition coefficient (Wildman–Crippen LogP) is -1.01. The molecule has 2 amide bonds. The van der Waals surface area contributed by atoms with Crippen LogP contribution in [-0.2, 0) is 9.59 Å². The molecule has 0 saturated carbocycles. The highest BCUT2D eigenvalue weighted by atomic mass is 16.2. The molecule has 0 radical (unpaired) electrons. The van der Waals surface area contributed by atoms with Crippen LogP contribution in [0.2, 0.25) is 0 Å². The van der Waals surface area contributed by atoms with Crippen molar-refractivity contribution in [2.75, 3.05) is 19.6 Å². The number of piperazine rings is 1. The maximum absolute atomic E-state index is 11.3. The van der Waals surface area contributed by atoms with Gasteiger partial charge >= 0.3 is 0 Å². The van der Waals surface area contributed by atoms with Crippen LogP contribution in [0.3, 0.4) is 0 Å². The van der Waals surface area contributed by atoms with Gasteiger partial charge in [-0.2, -0.15) is 0 Å². The Hall–Kier alpha value is -1.10. The molecule has 0 aromatic rings. The van der Waals surface area contributed by atoms with Crippen molar-refractivity contribution in [2.24, 2.45) is 0 Å². The lowest BCUT2D eigenvalue weighted by Crippen LogP contribution is -2.54. The summed E-state index contributed by atoms with van der Waals surface area (Å²) in [5, 5.41) is 8.46. The number of carbonyl (C=O) groups excluding carboxylic acids is 2. The van der Waals surface area contributed by atoms with Gasteiger partial charge in [0.15, 0.2) is 0 Å². The van der Waals surface area contributed by atoms with Crippen LogP contribution >= 0.6 is 0 Å². The first-order valence-corrected chi connectivity index (χ1v) is 5.02. The van der Waals surface area contributed by atoms with Crippen LogP contribution in [0.15, 0.2) is 0 Å². The first-order valence-electron chi connectivity index (χ1n) is 5.02. The predicted molar refractivity (Wildman–Crippen MR) is 52.7 cm³/mol. The molecule has 80 valence electrons. The molecular formula is C9H17N3O2. The van der Waals surface area contributed by atoms with Crippen molar-refractivity contribution >= 4 is 11.8 Å². The summed E-state index contributed by atoms with van der Waals surface area (Å²) in [7, 11) is 0. The Morgan fingerprint density at radius 1 is 1.57 bits per heavy atom. The molecule has 5 nitrogen and oxygen atoms in total. The second kappa shape index (κ2) is 5.59. The highest BCUT2D eigenvalue weighted by Crippen LogP contribution is 1.95. The molecule has 14 heavy (non-hydrogen) atoms. The molecule has 0 aliphatic carbocycles. The van der Waals surface area contributed by atoms with Gasteiger partial charge in [0.1, 0.15) is 0 Å². The fraction of sp³-hybridized carbons (Fsp3) is 0.778. The molecular weight excluding hydrogens is 182 g/mol. The normalized spacial score (nSPS) is 21.5. The topological polar surface area (TPSA) is 70.2 Å². The van der Waals surface area contributed by atoms with E-state index in [0.717, 1.165) is 13.0 Å². The molecule has 0 aromatic heterocycles. The molecule has 1 fully saturated rings. The monoisotopic (exact) mass is 199 g/mol. The van der Waals surface area contributed by atoms with Gasteiger partial charge in [-0.15, -0.1) is 0 Å². The van der Waals surface area contributed by atoms with E-state index in [0.29, 0.717) is 13.1 Å². The molecule has 5 heteroatoms. The van der Waals surface area contributed by atoms with E-state index in [4.69, 9.17) is 0 Å². The van der Waals surface area contributed by atoms with E-state index in [2.05, 4.69) is 16.0 Å². The lowest BCUT2D eigenvalue weighted by Gasteiger charge is -2.22. The summed E-state index contributed by atoms with van der Waals surface area (Å²) in [6.07, 6.45) is 1.14. The van der Waals surface area contributed by atoms with Crippen LogP contribution in [0.25, 0.3) is 0 Å². The van der Waals surface area contributed by atoms with Crippen LogP contribution in [0.4, 0.5) is 0 Å². The summed E-state index contributed by atoms with van der Waals surface area (Å²) in [5.41, 5.74) is 0. The third-order valence-electron chi connectivity index (χ3n) is 2.09. The maximum Gasteiger partial charge on any atom is 0.237 e. The van der Waals surface area contributed by atoms with Crippen molar-refractivity contribution in [3.05, 3.63) is 0 Å². The summed E-state index contributed by atoms with van der Waals surface area (Å²) in [6, 6.07) is -0.361.